The third-order valence-electron chi connectivity index (χ3n) is 4.05. The first-order valence-electron chi connectivity index (χ1n) is 8.08. The van der Waals surface area contributed by atoms with Crippen molar-refractivity contribution in [3.05, 3.63) is 33.8 Å². The van der Waals surface area contributed by atoms with Crippen molar-refractivity contribution in [2.24, 2.45) is 0 Å². The number of hydrogen-bond donors (Lipinski definition) is 0. The largest absolute Gasteiger partial charge is 0.460 e. The molecule has 25 heavy (non-hydrogen) atoms. The van der Waals surface area contributed by atoms with Crippen LogP contribution in [0.3, 0.4) is 0 Å². The van der Waals surface area contributed by atoms with E-state index in [4.69, 9.17) is 4.74 Å². The molecular weight excluding hydrogens is 408 g/mol. The summed E-state index contributed by atoms with van der Waals surface area (Å²) in [4.78, 5) is 12.0. The molecule has 1 aromatic carbocycles. The molecule has 140 valence electrons. The number of carbonyl (C=O) groups is 1. The Labute approximate surface area is 158 Å². The monoisotopic (exact) mass is 432 g/mol. The van der Waals surface area contributed by atoms with E-state index in [-0.39, 0.29) is 18.3 Å². The average Bonchev–Trinajstić information content (AvgIpc) is 2.45. The Balaban J connectivity index is 2.13. The van der Waals surface area contributed by atoms with Gasteiger partial charge in [-0.05, 0) is 38.0 Å². The molecule has 8 heteroatoms. The molecule has 0 radical (unpaired) electrons. The van der Waals surface area contributed by atoms with E-state index in [1.54, 1.807) is 14.1 Å². The first-order valence-corrected chi connectivity index (χ1v) is 10.3. The van der Waals surface area contributed by atoms with Gasteiger partial charge in [0, 0.05) is 37.6 Å². The summed E-state index contributed by atoms with van der Waals surface area (Å²) in [5.41, 5.74) is 1.38. The third-order valence-corrected chi connectivity index (χ3v) is 6.66. The van der Waals surface area contributed by atoms with Crippen molar-refractivity contribution in [2.75, 3.05) is 27.2 Å². The fourth-order valence-electron chi connectivity index (χ4n) is 2.81. The lowest BCUT2D eigenvalue weighted by molar-refractivity contribution is -0.153. The fraction of sp³-hybridized carbons (Fsp3) is 0.588. The van der Waals surface area contributed by atoms with E-state index in [1.807, 2.05) is 39.0 Å². The SMILES string of the molecule is CN1CC(c2ccc(CC(=O)OC(C)(C)C)c(Br)c2)CN(C)S1(=O)=O. The van der Waals surface area contributed by atoms with Gasteiger partial charge in [0.2, 0.25) is 0 Å². The van der Waals surface area contributed by atoms with Gasteiger partial charge in [-0.25, -0.2) is 0 Å². The molecule has 0 unspecified atom stereocenters. The van der Waals surface area contributed by atoms with Gasteiger partial charge in [0.15, 0.2) is 0 Å². The molecule has 1 aliphatic rings. The first-order chi connectivity index (χ1) is 11.4. The zero-order valence-corrected chi connectivity index (χ0v) is 17.6. The molecule has 0 N–H and O–H groups in total. The molecule has 6 nitrogen and oxygen atoms in total. The molecule has 1 fully saturated rings. The van der Waals surface area contributed by atoms with Gasteiger partial charge in [0.1, 0.15) is 5.60 Å². The molecular formula is C17H25BrN2O4S. The molecule has 1 aromatic rings. The van der Waals surface area contributed by atoms with Crippen molar-refractivity contribution < 1.29 is 17.9 Å². The van der Waals surface area contributed by atoms with Crippen molar-refractivity contribution >= 4 is 32.1 Å². The maximum Gasteiger partial charge on any atom is 0.310 e. The molecule has 0 aromatic heterocycles. The van der Waals surface area contributed by atoms with Crippen LogP contribution in [0.25, 0.3) is 0 Å². The van der Waals surface area contributed by atoms with E-state index >= 15 is 0 Å². The van der Waals surface area contributed by atoms with Gasteiger partial charge < -0.3 is 4.74 Å². The van der Waals surface area contributed by atoms with Gasteiger partial charge in [0.05, 0.1) is 6.42 Å². The van der Waals surface area contributed by atoms with Crippen LogP contribution in [0.4, 0.5) is 0 Å². The zero-order chi connectivity index (χ0) is 19.0. The van der Waals surface area contributed by atoms with Crippen LogP contribution in [-0.2, 0) is 26.2 Å². The smallest absolute Gasteiger partial charge is 0.310 e. The maximum absolute atomic E-state index is 12.0. The average molecular weight is 433 g/mol. The summed E-state index contributed by atoms with van der Waals surface area (Å²) in [5, 5.41) is 0. The number of esters is 1. The normalized spacial score (nSPS) is 19.8. The van der Waals surface area contributed by atoms with Crippen molar-refractivity contribution in [1.82, 2.24) is 8.61 Å². The summed E-state index contributed by atoms with van der Waals surface area (Å²) >= 11 is 3.52. The second-order valence-corrected chi connectivity index (χ2v) is 10.4. The molecule has 0 saturated carbocycles. The van der Waals surface area contributed by atoms with Crippen molar-refractivity contribution in [2.45, 2.75) is 38.7 Å². The molecule has 2 rings (SSSR count). The van der Waals surface area contributed by atoms with Crippen molar-refractivity contribution in [3.8, 4) is 0 Å². The predicted molar refractivity (Wildman–Crippen MR) is 101 cm³/mol. The van der Waals surface area contributed by atoms with Gasteiger partial charge in [-0.2, -0.15) is 17.0 Å². The van der Waals surface area contributed by atoms with Crippen LogP contribution in [0.2, 0.25) is 0 Å². The third kappa shape index (κ3) is 5.03. The standard InChI is InChI=1S/C17H25BrN2O4S/c1-17(2,3)24-16(21)9-13-7-6-12(8-15(13)18)14-10-19(4)25(22,23)20(5)11-14/h6-8,14H,9-11H2,1-5H3. The molecule has 1 heterocycles. The summed E-state index contributed by atoms with van der Waals surface area (Å²) in [7, 11) is -0.164. The van der Waals surface area contributed by atoms with Crippen LogP contribution < -0.4 is 0 Å². The van der Waals surface area contributed by atoms with Crippen LogP contribution in [0, 0.1) is 0 Å². The molecule has 0 bridgehead atoms. The first kappa shape index (κ1) is 20.4. The van der Waals surface area contributed by atoms with E-state index < -0.39 is 15.8 Å². The van der Waals surface area contributed by atoms with Crippen LogP contribution in [0.5, 0.6) is 0 Å². The minimum Gasteiger partial charge on any atom is -0.460 e. The number of nitrogens with zero attached hydrogens (tertiary/aromatic N) is 2. The number of likely N-dealkylation sites (N-methyl/N-ethyl adjacent to an activating group) is 2. The Morgan fingerprint density at radius 1 is 1.24 bits per heavy atom. The number of ether oxygens (including phenoxy) is 1. The zero-order valence-electron chi connectivity index (χ0n) is 15.2. The Morgan fingerprint density at radius 3 is 2.28 bits per heavy atom. The highest BCUT2D eigenvalue weighted by atomic mass is 79.9. The minimum absolute atomic E-state index is 0.0744. The molecule has 1 saturated heterocycles. The molecule has 1 aliphatic heterocycles. The summed E-state index contributed by atoms with van der Waals surface area (Å²) < 4.78 is 33.0. The van der Waals surface area contributed by atoms with E-state index in [2.05, 4.69) is 15.9 Å². The highest BCUT2D eigenvalue weighted by molar-refractivity contribution is 9.10. The number of hydrogen-bond acceptors (Lipinski definition) is 4. The molecule has 0 spiro atoms. The Hall–Kier alpha value is -0.960. The summed E-state index contributed by atoms with van der Waals surface area (Å²) in [6, 6.07) is 5.81. The van der Waals surface area contributed by atoms with E-state index in [0.717, 1.165) is 15.6 Å². The second kappa shape index (κ2) is 7.34. The van der Waals surface area contributed by atoms with Gasteiger partial charge in [-0.15, -0.1) is 0 Å². The van der Waals surface area contributed by atoms with Crippen LogP contribution in [-0.4, -0.2) is 55.8 Å². The van der Waals surface area contributed by atoms with Crippen molar-refractivity contribution in [3.63, 3.8) is 0 Å². The maximum atomic E-state index is 12.0. The van der Waals surface area contributed by atoms with Crippen LogP contribution in [0.1, 0.15) is 37.8 Å². The lowest BCUT2D eigenvalue weighted by Crippen LogP contribution is -2.49. The lowest BCUT2D eigenvalue weighted by Gasteiger charge is -2.35. The molecule has 0 atom stereocenters. The van der Waals surface area contributed by atoms with Crippen molar-refractivity contribution in [1.29, 1.82) is 0 Å². The van der Waals surface area contributed by atoms with Gasteiger partial charge >= 0.3 is 5.97 Å². The Bertz CT molecular complexity index is 740. The summed E-state index contributed by atoms with van der Waals surface area (Å²) in [6.45, 7) is 6.39. The van der Waals surface area contributed by atoms with E-state index in [0.29, 0.717) is 13.1 Å². The molecule has 0 amide bonds. The number of halogens is 1. The Morgan fingerprint density at radius 2 is 1.80 bits per heavy atom. The quantitative estimate of drug-likeness (QED) is 0.688. The van der Waals surface area contributed by atoms with E-state index in [1.165, 1.54) is 8.61 Å². The second-order valence-electron chi connectivity index (χ2n) is 7.38. The van der Waals surface area contributed by atoms with Crippen LogP contribution >= 0.6 is 15.9 Å². The highest BCUT2D eigenvalue weighted by Gasteiger charge is 2.34. The minimum atomic E-state index is -3.34. The van der Waals surface area contributed by atoms with Gasteiger partial charge in [0.25, 0.3) is 10.2 Å². The highest BCUT2D eigenvalue weighted by Crippen LogP contribution is 2.29. The Kier molecular flexibility index (Phi) is 5.98. The number of rotatable bonds is 3. The lowest BCUT2D eigenvalue weighted by atomic mass is 9.97. The fourth-order valence-corrected chi connectivity index (χ4v) is 4.56. The number of benzene rings is 1. The summed E-state index contributed by atoms with van der Waals surface area (Å²) in [5.74, 6) is -0.199. The number of carbonyl (C=O) groups excluding carboxylic acids is 1. The van der Waals surface area contributed by atoms with E-state index in [9.17, 15) is 13.2 Å². The van der Waals surface area contributed by atoms with Crippen LogP contribution in [0.15, 0.2) is 22.7 Å². The summed E-state index contributed by atoms with van der Waals surface area (Å²) in [6.07, 6.45) is 0.191. The molecule has 0 aliphatic carbocycles. The van der Waals surface area contributed by atoms with Gasteiger partial charge in [-0.3, -0.25) is 4.79 Å². The van der Waals surface area contributed by atoms with Gasteiger partial charge in [-0.1, -0.05) is 28.1 Å². The topological polar surface area (TPSA) is 66.9 Å². The predicted octanol–water partition coefficient (Wildman–Crippen LogP) is 2.54.